The summed E-state index contributed by atoms with van der Waals surface area (Å²) in [6.07, 6.45) is -1.44. The summed E-state index contributed by atoms with van der Waals surface area (Å²) in [6.45, 7) is -0.341. The quantitative estimate of drug-likeness (QED) is 0.213. The maximum absolute atomic E-state index is 10.6. The van der Waals surface area contributed by atoms with Gasteiger partial charge in [0.15, 0.2) is 1.37 Å². The zero-order chi connectivity index (χ0) is 5.70. The third-order valence-electron chi connectivity index (χ3n) is 0.119. The number of hydrogen-bond donors (Lipinski definition) is 0. The van der Waals surface area contributed by atoms with Gasteiger partial charge in [0.25, 0.3) is 0 Å². The van der Waals surface area contributed by atoms with Crippen LogP contribution in [0.5, 0.6) is 0 Å². The Morgan fingerprint density at radius 3 is 2.38 bits per heavy atom. The van der Waals surface area contributed by atoms with E-state index < -0.39 is 6.45 Å². The van der Waals surface area contributed by atoms with E-state index in [2.05, 4.69) is 9.78 Å². The SMILES string of the molecule is [2H]C(=O)OO[CH-]F.[Cs+].[Cs+]. The molecule has 8 heavy (non-hydrogen) atoms. The van der Waals surface area contributed by atoms with Crippen molar-refractivity contribution in [2.75, 3.05) is 0 Å². The number of rotatable bonds is 2. The number of halogens is 1. The van der Waals surface area contributed by atoms with Gasteiger partial charge in [0.1, 0.15) is 0 Å². The third-order valence-corrected chi connectivity index (χ3v) is 0.119. The zero-order valence-corrected chi connectivity index (χ0v) is 17.2. The number of hydrogen-bond acceptors (Lipinski definition) is 3. The normalized spacial score (nSPS) is 7.38. The van der Waals surface area contributed by atoms with Crippen LogP contribution in [0.2, 0.25) is 0 Å². The van der Waals surface area contributed by atoms with E-state index in [1.54, 1.807) is 0 Å². The van der Waals surface area contributed by atoms with Gasteiger partial charge in [0.05, 0.1) is 0 Å². The molecule has 0 aromatic heterocycles. The molecule has 0 aliphatic heterocycles. The molecule has 0 aromatic carbocycles. The first-order chi connectivity index (χ1) is 3.27. The summed E-state index contributed by atoms with van der Waals surface area (Å²) in [6, 6.07) is 0. The van der Waals surface area contributed by atoms with Crippen LogP contribution in [-0.2, 0) is 14.6 Å². The Hall–Kier alpha value is 3.46. The average Bonchev–Trinajstić information content (AvgIpc) is 1.61. The molecule has 0 rings (SSSR count). The molecule has 0 fully saturated rings. The van der Waals surface area contributed by atoms with E-state index in [4.69, 9.17) is 1.37 Å². The van der Waals surface area contributed by atoms with Crippen molar-refractivity contribution in [2.24, 2.45) is 0 Å². The van der Waals surface area contributed by atoms with Gasteiger partial charge in [-0.1, -0.05) is 0 Å². The van der Waals surface area contributed by atoms with Gasteiger partial charge < -0.3 is 14.2 Å². The molecule has 0 aliphatic rings. The van der Waals surface area contributed by atoms with Crippen LogP contribution in [0.4, 0.5) is 4.39 Å². The van der Waals surface area contributed by atoms with Crippen LogP contribution in [0.3, 0.4) is 0 Å². The van der Waals surface area contributed by atoms with Crippen molar-refractivity contribution < 1.29 is 158 Å². The molecule has 0 aliphatic carbocycles. The van der Waals surface area contributed by atoms with Gasteiger partial charge >= 0.3 is 144 Å². The molecule has 0 atom stereocenters. The van der Waals surface area contributed by atoms with Crippen molar-refractivity contribution in [3.05, 3.63) is 6.86 Å². The minimum Gasteiger partial charge on any atom is -0.426 e. The summed E-state index contributed by atoms with van der Waals surface area (Å²) < 4.78 is 16.6. The molecule has 0 radical (unpaired) electrons. The Balaban J connectivity index is -0.000000180. The van der Waals surface area contributed by atoms with E-state index in [1.807, 2.05) is 0 Å². The Bertz CT molecular complexity index is 72.8. The first-order valence-corrected chi connectivity index (χ1v) is 1.03. The van der Waals surface area contributed by atoms with Crippen molar-refractivity contribution in [2.45, 2.75) is 0 Å². The Morgan fingerprint density at radius 1 is 1.75 bits per heavy atom. The fourth-order valence-electron chi connectivity index (χ4n) is 0.0378. The first kappa shape index (κ1) is 14.0. The second-order valence-corrected chi connectivity index (χ2v) is 0.352. The maximum atomic E-state index is 10.6. The van der Waals surface area contributed by atoms with Crippen molar-refractivity contribution in [1.29, 1.82) is 0 Å². The topological polar surface area (TPSA) is 35.5 Å². The molecule has 0 heterocycles. The fourth-order valence-corrected chi connectivity index (χ4v) is 0.0378. The van der Waals surface area contributed by atoms with Crippen LogP contribution in [0.25, 0.3) is 0 Å². The van der Waals surface area contributed by atoms with Crippen molar-refractivity contribution >= 4 is 6.45 Å². The second kappa shape index (κ2) is 16.8. The smallest absolute Gasteiger partial charge is 0.426 e. The van der Waals surface area contributed by atoms with Crippen molar-refractivity contribution in [3.8, 4) is 0 Å². The van der Waals surface area contributed by atoms with Crippen LogP contribution in [0.1, 0.15) is 1.37 Å². The summed E-state index contributed by atoms with van der Waals surface area (Å²) in [5, 5.41) is 0. The number of carbonyl (C=O) groups is 1. The Kier molecular flexibility index (Phi) is 29.5. The Labute approximate surface area is 166 Å². The fraction of sp³-hybridized carbons (Fsp3) is 0. The minimum atomic E-state index is -1.44. The molecule has 36 valence electrons. The van der Waals surface area contributed by atoms with E-state index in [0.717, 1.165) is 0 Å². The maximum Gasteiger partial charge on any atom is 1.00 e. The van der Waals surface area contributed by atoms with Crippen molar-refractivity contribution in [3.63, 3.8) is 0 Å². The average molecular weight is 360 g/mol. The summed E-state index contributed by atoms with van der Waals surface area (Å²) in [5.74, 6) is 0. The van der Waals surface area contributed by atoms with E-state index in [1.165, 1.54) is 0 Å². The summed E-state index contributed by atoms with van der Waals surface area (Å²) in [4.78, 5) is 15.9. The number of carbonyl (C=O) groups excluding carboxylic acids is 1. The monoisotopic (exact) mass is 360 g/mol. The molecule has 6 heteroatoms. The summed E-state index contributed by atoms with van der Waals surface area (Å²) >= 11 is 0. The predicted molar refractivity (Wildman–Crippen MR) is 13.6 cm³/mol. The van der Waals surface area contributed by atoms with Gasteiger partial charge in [-0.25, -0.2) is 0 Å². The molecule has 0 unspecified atom stereocenters. The predicted octanol–water partition coefficient (Wildman–Crippen LogP) is -5.81. The van der Waals surface area contributed by atoms with Gasteiger partial charge in [-0.15, -0.1) is 0 Å². The van der Waals surface area contributed by atoms with Gasteiger partial charge in [-0.3, -0.25) is 4.79 Å². The van der Waals surface area contributed by atoms with Gasteiger partial charge in [-0.05, 0) is 6.86 Å². The minimum absolute atomic E-state index is 0. The van der Waals surface area contributed by atoms with E-state index in [9.17, 15) is 9.18 Å². The zero-order valence-electron chi connectivity index (χ0n) is 5.68. The summed E-state index contributed by atoms with van der Waals surface area (Å²) in [7, 11) is 0. The van der Waals surface area contributed by atoms with E-state index in [0.29, 0.717) is 0 Å². The van der Waals surface area contributed by atoms with Gasteiger partial charge in [-0.2, -0.15) is 0 Å². The van der Waals surface area contributed by atoms with Crippen molar-refractivity contribution in [1.82, 2.24) is 0 Å². The largest absolute Gasteiger partial charge is 1.00 e. The molecular weight excluding hydrogens is 357 g/mol. The van der Waals surface area contributed by atoms with Gasteiger partial charge in [0, 0.05) is 0 Å². The van der Waals surface area contributed by atoms with Crippen LogP contribution >= 0.6 is 0 Å². The molecule has 0 spiro atoms. The van der Waals surface area contributed by atoms with Crippen LogP contribution in [0, 0.1) is 6.86 Å². The second-order valence-electron chi connectivity index (χ2n) is 0.352. The standard InChI is InChI=1S/C2H2FO3.2Cs/c3-1-5-6-2-4;;/h1-2H;;/q-1;2*+1/i2D;;. The molecule has 0 saturated heterocycles. The molecule has 0 amide bonds. The third kappa shape index (κ3) is 16.2. The molecule has 0 saturated carbocycles. The molecule has 0 bridgehead atoms. The van der Waals surface area contributed by atoms with Gasteiger partial charge in [0.2, 0.25) is 0 Å². The van der Waals surface area contributed by atoms with Crippen LogP contribution < -0.4 is 138 Å². The van der Waals surface area contributed by atoms with E-state index >= 15 is 0 Å². The molecule has 0 aromatic rings. The molecular formula is C2H2Cs2FO3+. The summed E-state index contributed by atoms with van der Waals surface area (Å²) in [5.41, 5.74) is 0. The van der Waals surface area contributed by atoms with Crippen LogP contribution in [0.15, 0.2) is 0 Å². The molecule has 3 nitrogen and oxygen atoms in total. The first-order valence-electron chi connectivity index (χ1n) is 1.53. The Morgan fingerprint density at radius 2 is 2.25 bits per heavy atom. The van der Waals surface area contributed by atoms with Crippen LogP contribution in [-0.4, -0.2) is 6.45 Å². The molecule has 0 N–H and O–H groups in total. The van der Waals surface area contributed by atoms with E-state index in [-0.39, 0.29) is 145 Å².